The molecule has 5 nitrogen and oxygen atoms in total. The maximum atomic E-state index is 11.2. The van der Waals surface area contributed by atoms with Crippen molar-refractivity contribution in [2.24, 2.45) is 0 Å². The molecule has 1 atom stereocenters. The molecule has 0 radical (unpaired) electrons. The van der Waals surface area contributed by atoms with Gasteiger partial charge in [-0.25, -0.2) is 0 Å². The number of ether oxygens (including phenoxy) is 1. The topological polar surface area (TPSA) is 58.6 Å². The van der Waals surface area contributed by atoms with Crippen molar-refractivity contribution in [3.63, 3.8) is 0 Å². The highest BCUT2D eigenvalue weighted by molar-refractivity contribution is 5.95. The van der Waals surface area contributed by atoms with Crippen LogP contribution in [-0.2, 0) is 9.59 Å². The zero-order valence-corrected chi connectivity index (χ0v) is 9.77. The van der Waals surface area contributed by atoms with E-state index in [4.69, 9.17) is 4.74 Å². The fourth-order valence-corrected chi connectivity index (χ4v) is 1.78. The van der Waals surface area contributed by atoms with Gasteiger partial charge in [0.15, 0.2) is 6.61 Å². The van der Waals surface area contributed by atoms with E-state index in [2.05, 4.69) is 5.32 Å². The van der Waals surface area contributed by atoms with Gasteiger partial charge >= 0.3 is 0 Å². The number of likely N-dealkylation sites (N-methyl/N-ethyl adjacent to an activating group) is 1. The van der Waals surface area contributed by atoms with Gasteiger partial charge in [-0.3, -0.25) is 9.69 Å². The van der Waals surface area contributed by atoms with E-state index in [0.29, 0.717) is 11.4 Å². The quantitative estimate of drug-likeness (QED) is 0.787. The molecule has 0 saturated carbocycles. The van der Waals surface area contributed by atoms with Gasteiger partial charge in [-0.05, 0) is 31.8 Å². The smallest absolute Gasteiger partial charge is 0.262 e. The second-order valence-electron chi connectivity index (χ2n) is 4.14. The van der Waals surface area contributed by atoms with Crippen molar-refractivity contribution in [2.45, 2.75) is 6.04 Å². The van der Waals surface area contributed by atoms with Crippen LogP contribution < -0.4 is 10.1 Å². The number of aldehydes is 1. The van der Waals surface area contributed by atoms with Crippen LogP contribution in [0.5, 0.6) is 5.75 Å². The third-order valence-electron chi connectivity index (χ3n) is 2.66. The van der Waals surface area contributed by atoms with Crippen LogP contribution in [0.15, 0.2) is 18.2 Å². The molecule has 1 unspecified atom stereocenters. The van der Waals surface area contributed by atoms with Crippen molar-refractivity contribution in [3.8, 4) is 5.75 Å². The zero-order chi connectivity index (χ0) is 12.4. The lowest BCUT2D eigenvalue weighted by Gasteiger charge is -2.22. The van der Waals surface area contributed by atoms with Gasteiger partial charge in [0.1, 0.15) is 12.0 Å². The number of carbonyl (C=O) groups is 2. The SMILES string of the molecule is CN(C)C(C=O)c1ccc2c(c1)NC(=O)CO2. The number of hydrogen-bond donors (Lipinski definition) is 1. The normalized spacial score (nSPS) is 15.8. The zero-order valence-electron chi connectivity index (χ0n) is 9.77. The standard InChI is InChI=1S/C12H14N2O3/c1-14(2)10(6-15)8-3-4-11-9(5-8)13-12(16)7-17-11/h3-6,10H,7H2,1-2H3,(H,13,16). The second-order valence-corrected chi connectivity index (χ2v) is 4.14. The van der Waals surface area contributed by atoms with Crippen molar-refractivity contribution < 1.29 is 14.3 Å². The van der Waals surface area contributed by atoms with E-state index in [1.54, 1.807) is 17.0 Å². The second kappa shape index (κ2) is 4.55. The lowest BCUT2D eigenvalue weighted by Crippen LogP contribution is -2.26. The molecule has 5 heteroatoms. The number of nitrogens with one attached hydrogen (secondary N) is 1. The number of anilines is 1. The molecule has 90 valence electrons. The maximum Gasteiger partial charge on any atom is 0.262 e. The summed E-state index contributed by atoms with van der Waals surface area (Å²) in [7, 11) is 3.65. The molecule has 0 spiro atoms. The highest BCUT2D eigenvalue weighted by Gasteiger charge is 2.19. The Morgan fingerprint density at radius 2 is 2.24 bits per heavy atom. The summed E-state index contributed by atoms with van der Waals surface area (Å²) in [5, 5.41) is 2.72. The highest BCUT2D eigenvalue weighted by Crippen LogP contribution is 2.31. The molecule has 17 heavy (non-hydrogen) atoms. The summed E-state index contributed by atoms with van der Waals surface area (Å²) in [4.78, 5) is 24.0. The van der Waals surface area contributed by atoms with Crippen LogP contribution in [0.25, 0.3) is 0 Å². The van der Waals surface area contributed by atoms with Crippen LogP contribution >= 0.6 is 0 Å². The Labute approximate surface area is 99.4 Å². The molecule has 1 aromatic rings. The summed E-state index contributed by atoms with van der Waals surface area (Å²) in [6.07, 6.45) is 0.868. The minimum atomic E-state index is -0.320. The van der Waals surface area contributed by atoms with E-state index < -0.39 is 0 Å². The summed E-state index contributed by atoms with van der Waals surface area (Å²) in [5.41, 5.74) is 1.45. The first-order valence-electron chi connectivity index (χ1n) is 5.30. The van der Waals surface area contributed by atoms with Gasteiger partial charge < -0.3 is 14.8 Å². The minimum Gasteiger partial charge on any atom is -0.482 e. The number of nitrogens with zero attached hydrogens (tertiary/aromatic N) is 1. The average molecular weight is 234 g/mol. The van der Waals surface area contributed by atoms with Crippen LogP contribution in [0.1, 0.15) is 11.6 Å². The van der Waals surface area contributed by atoms with Crippen molar-refractivity contribution in [1.29, 1.82) is 0 Å². The lowest BCUT2D eigenvalue weighted by molar-refractivity contribution is -0.118. The van der Waals surface area contributed by atoms with Gasteiger partial charge in [-0.1, -0.05) is 6.07 Å². The van der Waals surface area contributed by atoms with Gasteiger partial charge in [0.2, 0.25) is 0 Å². The lowest BCUT2D eigenvalue weighted by atomic mass is 10.1. The highest BCUT2D eigenvalue weighted by atomic mass is 16.5. The number of carbonyl (C=O) groups excluding carboxylic acids is 2. The molecule has 1 N–H and O–H groups in total. The van der Waals surface area contributed by atoms with Crippen LogP contribution in [-0.4, -0.2) is 37.8 Å². The van der Waals surface area contributed by atoms with E-state index in [-0.39, 0.29) is 18.6 Å². The Bertz CT molecular complexity index is 457. The molecule has 0 aromatic heterocycles. The predicted octanol–water partition coefficient (Wildman–Crippen LogP) is 0.819. The summed E-state index contributed by atoms with van der Waals surface area (Å²) >= 11 is 0. The first-order valence-corrected chi connectivity index (χ1v) is 5.30. The molecule has 0 bridgehead atoms. The molecule has 1 aliphatic heterocycles. The third-order valence-corrected chi connectivity index (χ3v) is 2.66. The maximum absolute atomic E-state index is 11.2. The van der Waals surface area contributed by atoms with Crippen LogP contribution in [0, 0.1) is 0 Å². The van der Waals surface area contributed by atoms with Crippen LogP contribution in [0.2, 0.25) is 0 Å². The summed E-state index contributed by atoms with van der Waals surface area (Å²) < 4.78 is 5.25. The Kier molecular flexibility index (Phi) is 3.10. The number of rotatable bonds is 3. The van der Waals surface area contributed by atoms with Gasteiger partial charge in [-0.15, -0.1) is 0 Å². The first kappa shape index (κ1) is 11.6. The molecule has 1 amide bonds. The van der Waals surface area contributed by atoms with E-state index in [1.165, 1.54) is 0 Å². The Morgan fingerprint density at radius 1 is 1.47 bits per heavy atom. The monoisotopic (exact) mass is 234 g/mol. The number of amides is 1. The molecule has 2 rings (SSSR count). The fourth-order valence-electron chi connectivity index (χ4n) is 1.78. The van der Waals surface area contributed by atoms with Gasteiger partial charge in [-0.2, -0.15) is 0 Å². The Balaban J connectivity index is 2.35. The van der Waals surface area contributed by atoms with E-state index in [0.717, 1.165) is 11.8 Å². The van der Waals surface area contributed by atoms with Gasteiger partial charge in [0, 0.05) is 0 Å². The van der Waals surface area contributed by atoms with Crippen molar-refractivity contribution in [2.75, 3.05) is 26.0 Å². The van der Waals surface area contributed by atoms with E-state index in [1.807, 2.05) is 20.2 Å². The minimum absolute atomic E-state index is 0.0388. The van der Waals surface area contributed by atoms with Gasteiger partial charge in [0.05, 0.1) is 11.7 Å². The molecule has 0 aliphatic carbocycles. The van der Waals surface area contributed by atoms with Crippen LogP contribution in [0.3, 0.4) is 0 Å². The molecule has 1 aliphatic rings. The average Bonchev–Trinajstić information content (AvgIpc) is 2.29. The first-order chi connectivity index (χ1) is 8.11. The number of hydrogen-bond acceptors (Lipinski definition) is 4. The largest absolute Gasteiger partial charge is 0.482 e. The Hall–Kier alpha value is -1.88. The third kappa shape index (κ3) is 2.29. The predicted molar refractivity (Wildman–Crippen MR) is 63.1 cm³/mol. The summed E-state index contributed by atoms with van der Waals surface area (Å²) in [5.74, 6) is 0.457. The van der Waals surface area contributed by atoms with Crippen molar-refractivity contribution in [3.05, 3.63) is 23.8 Å². The molecule has 1 aromatic carbocycles. The van der Waals surface area contributed by atoms with Crippen LogP contribution in [0.4, 0.5) is 5.69 Å². The fraction of sp³-hybridized carbons (Fsp3) is 0.333. The van der Waals surface area contributed by atoms with E-state index in [9.17, 15) is 9.59 Å². The molecular formula is C12H14N2O3. The van der Waals surface area contributed by atoms with Crippen molar-refractivity contribution in [1.82, 2.24) is 4.90 Å². The van der Waals surface area contributed by atoms with E-state index >= 15 is 0 Å². The molecule has 1 heterocycles. The summed E-state index contributed by atoms with van der Waals surface area (Å²) in [6.45, 7) is 0.0388. The molecule has 0 saturated heterocycles. The number of benzene rings is 1. The molecule has 0 fully saturated rings. The van der Waals surface area contributed by atoms with Gasteiger partial charge in [0.25, 0.3) is 5.91 Å². The number of fused-ring (bicyclic) bond motifs is 1. The Morgan fingerprint density at radius 3 is 2.88 bits per heavy atom. The summed E-state index contributed by atoms with van der Waals surface area (Å²) in [6, 6.07) is 5.05. The molecular weight excluding hydrogens is 220 g/mol. The van der Waals surface area contributed by atoms with Crippen molar-refractivity contribution >= 4 is 17.9 Å².